The molecular formula is C9H12ClNO3S2. The third-order valence-electron chi connectivity index (χ3n) is 1.81. The summed E-state index contributed by atoms with van der Waals surface area (Å²) in [5.74, 6) is -0.0359. The topological polar surface area (TPSA) is 63.2 Å². The highest BCUT2D eigenvalue weighted by atomic mass is 35.7. The van der Waals surface area contributed by atoms with Crippen LogP contribution >= 0.6 is 22.0 Å². The molecule has 4 nitrogen and oxygen atoms in total. The Balaban J connectivity index is 2.57. The van der Waals surface area contributed by atoms with Gasteiger partial charge >= 0.3 is 0 Å². The Morgan fingerprint density at radius 3 is 2.69 bits per heavy atom. The first-order valence-corrected chi connectivity index (χ1v) is 7.86. The molecule has 0 fully saturated rings. The molecule has 90 valence electrons. The molecule has 0 aliphatic heterocycles. The lowest BCUT2D eigenvalue weighted by Crippen LogP contribution is -2.21. The van der Waals surface area contributed by atoms with Gasteiger partial charge in [0.15, 0.2) is 0 Å². The fraction of sp³-hybridized carbons (Fsp3) is 0.444. The predicted octanol–water partition coefficient (Wildman–Crippen LogP) is 2.09. The van der Waals surface area contributed by atoms with Crippen molar-refractivity contribution in [3.63, 3.8) is 0 Å². The average molecular weight is 282 g/mol. The molecule has 0 aliphatic carbocycles. The standard InChI is InChI=1S/C9H12ClNO3S2/c1-2-3-8(12)11-6-7-4-5-9(15-7)16(10,13)14/h4-5H,2-3,6H2,1H3,(H,11,12). The van der Waals surface area contributed by atoms with Gasteiger partial charge in [0.05, 0.1) is 6.54 Å². The molecule has 1 aromatic heterocycles. The van der Waals surface area contributed by atoms with Gasteiger partial charge in [-0.15, -0.1) is 11.3 Å². The van der Waals surface area contributed by atoms with E-state index in [0.717, 1.165) is 22.6 Å². The second-order valence-electron chi connectivity index (χ2n) is 3.19. The van der Waals surface area contributed by atoms with Crippen molar-refractivity contribution in [1.82, 2.24) is 5.32 Å². The first-order chi connectivity index (χ1) is 7.43. The molecule has 0 aliphatic rings. The SMILES string of the molecule is CCCC(=O)NCc1ccc(S(=O)(=O)Cl)s1. The van der Waals surface area contributed by atoms with Crippen LogP contribution in [0.25, 0.3) is 0 Å². The fourth-order valence-corrected chi connectivity index (χ4v) is 3.15. The summed E-state index contributed by atoms with van der Waals surface area (Å²) in [5.41, 5.74) is 0. The molecule has 0 radical (unpaired) electrons. The van der Waals surface area contributed by atoms with Crippen molar-refractivity contribution in [2.24, 2.45) is 0 Å². The van der Waals surface area contributed by atoms with Gasteiger partial charge in [-0.3, -0.25) is 4.79 Å². The van der Waals surface area contributed by atoms with Crippen LogP contribution in [0.15, 0.2) is 16.3 Å². The molecule has 1 N–H and O–H groups in total. The number of hydrogen-bond donors (Lipinski definition) is 1. The smallest absolute Gasteiger partial charge is 0.270 e. The molecule has 0 spiro atoms. The second-order valence-corrected chi connectivity index (χ2v) is 7.15. The molecule has 0 bridgehead atoms. The quantitative estimate of drug-likeness (QED) is 0.841. The third-order valence-corrected chi connectivity index (χ3v) is 4.99. The predicted molar refractivity (Wildman–Crippen MR) is 64.1 cm³/mol. The van der Waals surface area contributed by atoms with E-state index >= 15 is 0 Å². The van der Waals surface area contributed by atoms with Crippen molar-refractivity contribution >= 4 is 37.0 Å². The van der Waals surface area contributed by atoms with Crippen molar-refractivity contribution in [3.8, 4) is 0 Å². The van der Waals surface area contributed by atoms with Crippen LogP contribution in [0.5, 0.6) is 0 Å². The van der Waals surface area contributed by atoms with Gasteiger partial charge in [0, 0.05) is 22.0 Å². The lowest BCUT2D eigenvalue weighted by atomic mass is 10.3. The number of carbonyl (C=O) groups excluding carboxylic acids is 1. The van der Waals surface area contributed by atoms with Crippen LogP contribution in [0.3, 0.4) is 0 Å². The van der Waals surface area contributed by atoms with E-state index in [1.807, 2.05) is 6.92 Å². The molecule has 0 saturated heterocycles. The van der Waals surface area contributed by atoms with Crippen LogP contribution in [-0.2, 0) is 20.4 Å². The number of carbonyl (C=O) groups is 1. The molecule has 1 rings (SSSR count). The minimum atomic E-state index is -3.65. The zero-order valence-corrected chi connectivity index (χ0v) is 11.1. The number of nitrogens with one attached hydrogen (secondary N) is 1. The van der Waals surface area contributed by atoms with E-state index in [0.29, 0.717) is 13.0 Å². The van der Waals surface area contributed by atoms with Gasteiger partial charge in [0.2, 0.25) is 5.91 Å². The van der Waals surface area contributed by atoms with Gasteiger partial charge in [0.25, 0.3) is 9.05 Å². The number of halogens is 1. The highest BCUT2D eigenvalue weighted by molar-refractivity contribution is 8.15. The van der Waals surface area contributed by atoms with E-state index in [1.54, 1.807) is 6.07 Å². The Morgan fingerprint density at radius 1 is 1.50 bits per heavy atom. The van der Waals surface area contributed by atoms with Gasteiger partial charge < -0.3 is 5.32 Å². The molecule has 0 atom stereocenters. The minimum Gasteiger partial charge on any atom is -0.351 e. The average Bonchev–Trinajstić information content (AvgIpc) is 2.63. The van der Waals surface area contributed by atoms with Crippen molar-refractivity contribution in [3.05, 3.63) is 17.0 Å². The first kappa shape index (κ1) is 13.5. The number of amides is 1. The van der Waals surface area contributed by atoms with Crippen molar-refractivity contribution in [1.29, 1.82) is 0 Å². The molecule has 1 aromatic rings. The van der Waals surface area contributed by atoms with Gasteiger partial charge in [0.1, 0.15) is 4.21 Å². The summed E-state index contributed by atoms with van der Waals surface area (Å²) in [5, 5.41) is 2.70. The Labute approximate surface area is 103 Å². The lowest BCUT2D eigenvalue weighted by Gasteiger charge is -2.00. The van der Waals surface area contributed by atoms with Crippen LogP contribution in [0.1, 0.15) is 24.6 Å². The second kappa shape index (κ2) is 5.65. The Morgan fingerprint density at radius 2 is 2.19 bits per heavy atom. The maximum Gasteiger partial charge on any atom is 0.270 e. The minimum absolute atomic E-state index is 0.0359. The van der Waals surface area contributed by atoms with Crippen LogP contribution in [0.2, 0.25) is 0 Å². The zero-order chi connectivity index (χ0) is 12.2. The van der Waals surface area contributed by atoms with Gasteiger partial charge in [-0.2, -0.15) is 0 Å². The van der Waals surface area contributed by atoms with Crippen molar-refractivity contribution < 1.29 is 13.2 Å². The largest absolute Gasteiger partial charge is 0.351 e. The van der Waals surface area contributed by atoms with Crippen LogP contribution < -0.4 is 5.32 Å². The Hall–Kier alpha value is -0.590. The normalized spacial score (nSPS) is 11.4. The van der Waals surface area contributed by atoms with E-state index in [1.165, 1.54) is 6.07 Å². The van der Waals surface area contributed by atoms with E-state index in [9.17, 15) is 13.2 Å². The van der Waals surface area contributed by atoms with Gasteiger partial charge in [-0.25, -0.2) is 8.42 Å². The van der Waals surface area contributed by atoms with Crippen LogP contribution in [-0.4, -0.2) is 14.3 Å². The molecule has 16 heavy (non-hydrogen) atoms. The van der Waals surface area contributed by atoms with Gasteiger partial charge in [-0.1, -0.05) is 6.92 Å². The van der Waals surface area contributed by atoms with E-state index in [4.69, 9.17) is 10.7 Å². The van der Waals surface area contributed by atoms with E-state index < -0.39 is 9.05 Å². The zero-order valence-electron chi connectivity index (χ0n) is 8.70. The molecule has 7 heteroatoms. The van der Waals surface area contributed by atoms with Gasteiger partial charge in [-0.05, 0) is 18.6 Å². The maximum absolute atomic E-state index is 11.2. The Kier molecular flexibility index (Phi) is 4.76. The van der Waals surface area contributed by atoms with E-state index in [-0.39, 0.29) is 10.1 Å². The summed E-state index contributed by atoms with van der Waals surface area (Å²) in [6.45, 7) is 2.26. The van der Waals surface area contributed by atoms with Crippen LogP contribution in [0, 0.1) is 0 Å². The van der Waals surface area contributed by atoms with Crippen LogP contribution in [0.4, 0.5) is 0 Å². The monoisotopic (exact) mass is 281 g/mol. The molecular weight excluding hydrogens is 270 g/mol. The third kappa shape index (κ3) is 4.11. The first-order valence-electron chi connectivity index (χ1n) is 4.73. The summed E-state index contributed by atoms with van der Waals surface area (Å²) in [6, 6.07) is 3.08. The molecule has 0 saturated carbocycles. The fourth-order valence-electron chi connectivity index (χ4n) is 1.09. The molecule has 1 amide bonds. The lowest BCUT2D eigenvalue weighted by molar-refractivity contribution is -0.121. The van der Waals surface area contributed by atoms with E-state index in [2.05, 4.69) is 5.32 Å². The van der Waals surface area contributed by atoms with Crippen molar-refractivity contribution in [2.45, 2.75) is 30.5 Å². The summed E-state index contributed by atoms with van der Waals surface area (Å²) in [7, 11) is 1.53. The maximum atomic E-state index is 11.2. The highest BCUT2D eigenvalue weighted by Gasteiger charge is 2.13. The highest BCUT2D eigenvalue weighted by Crippen LogP contribution is 2.24. The number of thiophene rings is 1. The molecule has 0 aromatic carbocycles. The summed E-state index contributed by atoms with van der Waals surface area (Å²) >= 11 is 1.07. The summed E-state index contributed by atoms with van der Waals surface area (Å²) < 4.78 is 22.1. The number of rotatable bonds is 5. The Bertz CT molecular complexity index is 467. The number of hydrogen-bond acceptors (Lipinski definition) is 4. The summed E-state index contributed by atoms with van der Waals surface area (Å²) in [6.07, 6.45) is 1.27. The molecule has 0 unspecified atom stereocenters. The van der Waals surface area contributed by atoms with Crippen molar-refractivity contribution in [2.75, 3.05) is 0 Å². The summed E-state index contributed by atoms with van der Waals surface area (Å²) in [4.78, 5) is 11.9. The molecule has 1 heterocycles.